The van der Waals surface area contributed by atoms with Crippen LogP contribution in [0.3, 0.4) is 0 Å². The minimum Gasteiger partial charge on any atom is -0.425 e. The van der Waals surface area contributed by atoms with E-state index in [0.717, 1.165) is 0 Å². The number of alkyl halides is 6. The van der Waals surface area contributed by atoms with Crippen LogP contribution in [0, 0.1) is 0 Å². The van der Waals surface area contributed by atoms with Crippen LogP contribution in [0.25, 0.3) is 0 Å². The van der Waals surface area contributed by atoms with Crippen molar-refractivity contribution in [3.63, 3.8) is 0 Å². The Hall–Kier alpha value is 1.17. The zero-order valence-corrected chi connectivity index (χ0v) is 28.1. The van der Waals surface area contributed by atoms with Gasteiger partial charge >= 0.3 is 30.9 Å². The molecule has 2 rings (SSSR count). The molecule has 0 aromatic heterocycles. The lowest BCUT2D eigenvalue weighted by Gasteiger charge is -2.20. The Morgan fingerprint density at radius 2 is 0.733 bits per heavy atom. The molecule has 0 saturated carbocycles. The quantitative estimate of drug-likeness (QED) is 0.232. The standard InChI is InChI=1S/C3H13F3O5Si5.C3H11F3O4Si4/c4-3(5,6)1-2-16-10-14-8-12-7-13-9-15-11-16;4-3(5,6)1-2-14-9-12-7-11-8-13-10-14/h16H,1-2,12-15H2;14H,1-2,11-13H2. The molecule has 0 aromatic carbocycles. The molecule has 0 aromatic rings. The molecule has 30 heavy (non-hydrogen) atoms. The van der Waals surface area contributed by atoms with Crippen LogP contribution >= 0.6 is 0 Å². The highest BCUT2D eigenvalue weighted by Crippen LogP contribution is 2.23. The molecule has 0 radical (unpaired) electrons. The van der Waals surface area contributed by atoms with Crippen molar-refractivity contribution < 1.29 is 63.4 Å². The second-order valence-corrected chi connectivity index (χ2v) is 23.7. The van der Waals surface area contributed by atoms with Crippen molar-refractivity contribution in [1.29, 1.82) is 0 Å². The highest BCUT2D eigenvalue weighted by atomic mass is 28.4. The van der Waals surface area contributed by atoms with Crippen molar-refractivity contribution in [2.24, 2.45) is 0 Å². The van der Waals surface area contributed by atoms with Gasteiger partial charge in [-0.2, -0.15) is 26.3 Å². The summed E-state index contributed by atoms with van der Waals surface area (Å²) >= 11 is 0. The van der Waals surface area contributed by atoms with Gasteiger partial charge in [0, 0.05) is 12.8 Å². The van der Waals surface area contributed by atoms with Gasteiger partial charge in [-0.15, -0.1) is 0 Å². The molecule has 2 heterocycles. The monoisotopic (exact) mass is 606 g/mol. The number of halogens is 6. The van der Waals surface area contributed by atoms with Gasteiger partial charge in [-0.25, -0.2) is 0 Å². The van der Waals surface area contributed by atoms with Crippen LogP contribution in [0.5, 0.6) is 0 Å². The van der Waals surface area contributed by atoms with E-state index < -0.39 is 114 Å². The van der Waals surface area contributed by atoms with Gasteiger partial charge in [-0.05, 0) is 12.1 Å². The van der Waals surface area contributed by atoms with Crippen LogP contribution in [0.15, 0.2) is 0 Å². The average Bonchev–Trinajstić information content (AvgIpc) is 2.63. The first kappa shape index (κ1) is 29.2. The molecule has 0 aliphatic carbocycles. The molecule has 24 heteroatoms. The Bertz CT molecular complexity index is 421. The number of hydrogen-bond donors (Lipinski definition) is 0. The van der Waals surface area contributed by atoms with Crippen molar-refractivity contribution in [3.8, 4) is 0 Å². The topological polar surface area (TPSA) is 83.1 Å². The summed E-state index contributed by atoms with van der Waals surface area (Å²) < 4.78 is 118. The van der Waals surface area contributed by atoms with Crippen molar-refractivity contribution in [2.75, 3.05) is 0 Å². The minimum absolute atomic E-state index is 0.0300. The fraction of sp³-hybridized carbons (Fsp3) is 1.00. The van der Waals surface area contributed by atoms with E-state index in [1.165, 1.54) is 0 Å². The van der Waals surface area contributed by atoms with Crippen LogP contribution in [0.2, 0.25) is 12.1 Å². The normalized spacial score (nSPS) is 31.0. The highest BCUT2D eigenvalue weighted by Gasteiger charge is 2.31. The average molecular weight is 607 g/mol. The van der Waals surface area contributed by atoms with Gasteiger partial charge in [0.05, 0.1) is 0 Å². The first-order chi connectivity index (χ1) is 14.2. The van der Waals surface area contributed by atoms with Crippen LogP contribution < -0.4 is 0 Å². The third-order valence-electron chi connectivity index (χ3n) is 3.18. The van der Waals surface area contributed by atoms with E-state index in [2.05, 4.69) is 0 Å². The summed E-state index contributed by atoms with van der Waals surface area (Å²) in [6.07, 6.45) is -9.95. The van der Waals surface area contributed by atoms with E-state index >= 15 is 0 Å². The molecule has 0 spiro atoms. The molecular formula is C6H24F6O9Si9. The lowest BCUT2D eigenvalue weighted by atomic mass is 10.5. The molecule has 0 N–H and O–H groups in total. The fourth-order valence-corrected chi connectivity index (χ4v) is 21.5. The molecule has 2 aliphatic heterocycles. The van der Waals surface area contributed by atoms with Crippen molar-refractivity contribution in [3.05, 3.63) is 0 Å². The van der Waals surface area contributed by atoms with Crippen molar-refractivity contribution in [1.82, 2.24) is 0 Å². The van der Waals surface area contributed by atoms with E-state index in [-0.39, 0.29) is 12.1 Å². The zero-order valence-electron chi connectivity index (χ0n) is 15.9. The van der Waals surface area contributed by atoms with E-state index in [4.69, 9.17) is 37.0 Å². The summed E-state index contributed by atoms with van der Waals surface area (Å²) in [5.41, 5.74) is 0. The van der Waals surface area contributed by atoms with Crippen LogP contribution in [-0.2, 0) is 37.0 Å². The first-order valence-corrected chi connectivity index (χ1v) is 20.2. The SMILES string of the molecule is FC(F)(F)CC[SiH]1O[SiH2]O[SiH2]O[SiH2]O1.FC(F)(F)CC[SiH]1O[SiH2]O[SiH2]O[SiH2]O[SiH2]O1. The maximum Gasteiger partial charge on any atom is 0.389 e. The Morgan fingerprint density at radius 1 is 0.467 bits per heavy atom. The van der Waals surface area contributed by atoms with E-state index in [1.807, 2.05) is 0 Å². The summed E-state index contributed by atoms with van der Waals surface area (Å²) in [6.45, 7) is 0. The molecule has 0 bridgehead atoms. The van der Waals surface area contributed by atoms with Gasteiger partial charge in [0.25, 0.3) is 70.0 Å². The van der Waals surface area contributed by atoms with Gasteiger partial charge in [0.15, 0.2) is 0 Å². The summed E-state index contributed by atoms with van der Waals surface area (Å²) in [5, 5.41) is 0. The molecule has 0 atom stereocenters. The second-order valence-electron chi connectivity index (χ2n) is 5.68. The van der Waals surface area contributed by atoms with Gasteiger partial charge in [0.1, 0.15) is 0 Å². The molecule has 2 saturated heterocycles. The molecule has 180 valence electrons. The number of hydrogen-bond acceptors (Lipinski definition) is 9. The predicted octanol–water partition coefficient (Wildman–Crippen LogP) is -4.51. The molecule has 2 fully saturated rings. The van der Waals surface area contributed by atoms with Crippen LogP contribution in [0.1, 0.15) is 12.8 Å². The second kappa shape index (κ2) is 16.7. The maximum absolute atomic E-state index is 12.0. The molecule has 0 unspecified atom stereocenters. The van der Waals surface area contributed by atoms with E-state index in [9.17, 15) is 26.3 Å². The minimum atomic E-state index is -4.15. The van der Waals surface area contributed by atoms with Crippen molar-refractivity contribution >= 4 is 88.6 Å². The van der Waals surface area contributed by atoms with Crippen LogP contribution in [-0.4, -0.2) is 101 Å². The van der Waals surface area contributed by atoms with Gasteiger partial charge < -0.3 is 37.0 Å². The lowest BCUT2D eigenvalue weighted by Crippen LogP contribution is -2.34. The maximum atomic E-state index is 12.0. The largest absolute Gasteiger partial charge is 0.425 e. The summed E-state index contributed by atoms with van der Waals surface area (Å²) in [4.78, 5) is 0. The Labute approximate surface area is 189 Å². The van der Waals surface area contributed by atoms with E-state index in [1.54, 1.807) is 0 Å². The molecule has 0 amide bonds. The Morgan fingerprint density at radius 3 is 1.00 bits per heavy atom. The Balaban J connectivity index is 0.000000303. The van der Waals surface area contributed by atoms with Gasteiger partial charge in [0.2, 0.25) is 0 Å². The third-order valence-corrected chi connectivity index (χ3v) is 19.5. The van der Waals surface area contributed by atoms with E-state index in [0.29, 0.717) is 0 Å². The van der Waals surface area contributed by atoms with Crippen molar-refractivity contribution in [2.45, 2.75) is 37.3 Å². The zero-order chi connectivity index (χ0) is 22.3. The summed E-state index contributed by atoms with van der Waals surface area (Å²) in [6, 6.07) is -0.0854. The smallest absolute Gasteiger partial charge is 0.389 e. The predicted molar refractivity (Wildman–Crippen MR) is 115 cm³/mol. The highest BCUT2D eigenvalue weighted by molar-refractivity contribution is 6.60. The molecular weight excluding hydrogens is 583 g/mol. The number of rotatable bonds is 4. The first-order valence-electron chi connectivity index (χ1n) is 8.64. The van der Waals surface area contributed by atoms with Gasteiger partial charge in [-0.1, -0.05) is 0 Å². The summed E-state index contributed by atoms with van der Waals surface area (Å²) in [5.74, 6) is 0. The van der Waals surface area contributed by atoms with Gasteiger partial charge in [-0.3, -0.25) is 0 Å². The Kier molecular flexibility index (Phi) is 16.3. The summed E-state index contributed by atoms with van der Waals surface area (Å²) in [7, 11) is -12.0. The molecule has 2 aliphatic rings. The lowest BCUT2D eigenvalue weighted by molar-refractivity contribution is -0.132. The fourth-order valence-electron chi connectivity index (χ4n) is 1.84. The third kappa shape index (κ3) is 18.7. The molecule has 9 nitrogen and oxygen atoms in total. The van der Waals surface area contributed by atoms with Crippen LogP contribution in [0.4, 0.5) is 26.3 Å².